The molecule has 0 aliphatic carbocycles. The maximum absolute atomic E-state index is 12.2. The van der Waals surface area contributed by atoms with Gasteiger partial charge in [0.1, 0.15) is 11.5 Å². The second-order valence-electron chi connectivity index (χ2n) is 6.24. The Kier molecular flexibility index (Phi) is 7.82. The van der Waals surface area contributed by atoms with Crippen LogP contribution in [0.3, 0.4) is 0 Å². The minimum atomic E-state index is -2.35. The molecule has 2 rings (SSSR count). The third-order valence-corrected chi connectivity index (χ3v) is 4.79. The van der Waals surface area contributed by atoms with Crippen molar-refractivity contribution < 1.29 is 13.2 Å². The number of nitrogens with zero attached hydrogens (tertiary/aromatic N) is 2. The maximum atomic E-state index is 12.2. The van der Waals surface area contributed by atoms with Crippen LogP contribution >= 0.6 is 11.8 Å². The molecule has 132 valence electrons. The Hall–Kier alpha value is -0.630. The molecule has 0 atom stereocenters. The van der Waals surface area contributed by atoms with Crippen LogP contribution in [0.5, 0.6) is 0 Å². The molecular formula is C16H27F2N3OS. The highest BCUT2D eigenvalue weighted by Crippen LogP contribution is 2.21. The maximum Gasteiger partial charge on any atom is 0.284 e. The minimum absolute atomic E-state index is 0.224. The molecule has 1 fully saturated rings. The highest BCUT2D eigenvalue weighted by atomic mass is 32.2. The Labute approximate surface area is 141 Å². The van der Waals surface area contributed by atoms with E-state index in [9.17, 15) is 8.78 Å². The van der Waals surface area contributed by atoms with E-state index in [1.165, 1.54) is 0 Å². The van der Waals surface area contributed by atoms with Crippen molar-refractivity contribution in [2.75, 3.05) is 40.3 Å². The van der Waals surface area contributed by atoms with Gasteiger partial charge in [0.25, 0.3) is 5.76 Å². The van der Waals surface area contributed by atoms with E-state index >= 15 is 0 Å². The van der Waals surface area contributed by atoms with Gasteiger partial charge in [-0.25, -0.2) is 0 Å². The van der Waals surface area contributed by atoms with Crippen LogP contribution in [-0.2, 0) is 12.3 Å². The molecule has 1 aromatic heterocycles. The molecule has 1 aromatic rings. The Balaban J connectivity index is 1.63. The molecule has 0 spiro atoms. The summed E-state index contributed by atoms with van der Waals surface area (Å²) in [6, 6.07) is 4.17. The SMILES string of the molecule is CN(C)CCN1CCC(NCc2ccc(CSC(F)F)o2)CC1. The van der Waals surface area contributed by atoms with Crippen LogP contribution in [-0.4, -0.2) is 61.9 Å². The molecule has 1 saturated heterocycles. The van der Waals surface area contributed by atoms with Crippen molar-refractivity contribution in [3.63, 3.8) is 0 Å². The number of hydrogen-bond donors (Lipinski definition) is 1. The summed E-state index contributed by atoms with van der Waals surface area (Å²) < 4.78 is 29.9. The lowest BCUT2D eigenvalue weighted by Gasteiger charge is -2.32. The molecule has 1 aliphatic rings. The molecule has 0 saturated carbocycles. The van der Waals surface area contributed by atoms with Crippen LogP contribution < -0.4 is 5.32 Å². The van der Waals surface area contributed by atoms with Crippen LogP contribution in [0, 0.1) is 0 Å². The number of piperidine rings is 1. The molecule has 2 heterocycles. The first-order valence-electron chi connectivity index (χ1n) is 8.10. The fraction of sp³-hybridized carbons (Fsp3) is 0.750. The van der Waals surface area contributed by atoms with Crippen LogP contribution in [0.25, 0.3) is 0 Å². The Morgan fingerprint density at radius 1 is 1.30 bits per heavy atom. The van der Waals surface area contributed by atoms with Gasteiger partial charge in [0.05, 0.1) is 12.3 Å². The zero-order chi connectivity index (χ0) is 16.7. The van der Waals surface area contributed by atoms with Gasteiger partial charge in [0.2, 0.25) is 0 Å². The fourth-order valence-electron chi connectivity index (χ4n) is 2.69. The zero-order valence-corrected chi connectivity index (χ0v) is 14.7. The summed E-state index contributed by atoms with van der Waals surface area (Å²) in [4.78, 5) is 4.72. The van der Waals surface area contributed by atoms with Crippen molar-refractivity contribution in [1.29, 1.82) is 0 Å². The first-order chi connectivity index (χ1) is 11.0. The smallest absolute Gasteiger partial charge is 0.284 e. The normalized spacial score (nSPS) is 17.5. The number of likely N-dealkylation sites (N-methyl/N-ethyl adjacent to an activating group) is 1. The second kappa shape index (κ2) is 9.61. The highest BCUT2D eigenvalue weighted by molar-refractivity contribution is 7.98. The molecule has 0 bridgehead atoms. The van der Waals surface area contributed by atoms with E-state index in [-0.39, 0.29) is 5.75 Å². The molecule has 23 heavy (non-hydrogen) atoms. The monoisotopic (exact) mass is 347 g/mol. The number of rotatable bonds is 9. The summed E-state index contributed by atoms with van der Waals surface area (Å²) in [5.74, 6) is -0.683. The van der Waals surface area contributed by atoms with E-state index in [0.717, 1.165) is 44.8 Å². The van der Waals surface area contributed by atoms with Gasteiger partial charge in [0, 0.05) is 19.1 Å². The van der Waals surface area contributed by atoms with Gasteiger partial charge >= 0.3 is 0 Å². The van der Waals surface area contributed by atoms with Gasteiger partial charge < -0.3 is 19.5 Å². The van der Waals surface area contributed by atoms with E-state index in [0.29, 0.717) is 30.1 Å². The summed E-state index contributed by atoms with van der Waals surface area (Å²) in [5.41, 5.74) is 0. The van der Waals surface area contributed by atoms with Crippen molar-refractivity contribution >= 4 is 11.8 Å². The van der Waals surface area contributed by atoms with E-state index in [4.69, 9.17) is 4.42 Å². The van der Waals surface area contributed by atoms with Crippen LogP contribution in [0.4, 0.5) is 8.78 Å². The Morgan fingerprint density at radius 3 is 2.65 bits per heavy atom. The Bertz CT molecular complexity index is 448. The number of thioether (sulfide) groups is 1. The molecule has 0 amide bonds. The molecule has 0 radical (unpaired) electrons. The van der Waals surface area contributed by atoms with Crippen molar-refractivity contribution in [3.8, 4) is 0 Å². The lowest BCUT2D eigenvalue weighted by atomic mass is 10.1. The predicted molar refractivity (Wildman–Crippen MR) is 90.9 cm³/mol. The van der Waals surface area contributed by atoms with Crippen molar-refractivity contribution in [1.82, 2.24) is 15.1 Å². The number of likely N-dealkylation sites (tertiary alicyclic amines) is 1. The summed E-state index contributed by atoms with van der Waals surface area (Å²) in [6.45, 7) is 5.15. The van der Waals surface area contributed by atoms with Gasteiger partial charge in [-0.2, -0.15) is 8.78 Å². The summed E-state index contributed by atoms with van der Waals surface area (Å²) in [7, 11) is 4.21. The number of nitrogens with one attached hydrogen (secondary N) is 1. The third kappa shape index (κ3) is 7.20. The molecule has 0 unspecified atom stereocenters. The van der Waals surface area contributed by atoms with Crippen molar-refractivity contribution in [2.45, 2.75) is 36.9 Å². The van der Waals surface area contributed by atoms with Gasteiger partial charge in [-0.15, -0.1) is 0 Å². The lowest BCUT2D eigenvalue weighted by Crippen LogP contribution is -2.44. The predicted octanol–water partition coefficient (Wildman–Crippen LogP) is 2.85. The van der Waals surface area contributed by atoms with E-state index in [1.807, 2.05) is 6.07 Å². The second-order valence-corrected chi connectivity index (χ2v) is 7.22. The van der Waals surface area contributed by atoms with E-state index < -0.39 is 5.76 Å². The number of hydrogen-bond acceptors (Lipinski definition) is 5. The zero-order valence-electron chi connectivity index (χ0n) is 13.9. The van der Waals surface area contributed by atoms with Gasteiger partial charge in [-0.3, -0.25) is 0 Å². The molecule has 0 aromatic carbocycles. The number of halogens is 2. The minimum Gasteiger partial charge on any atom is -0.464 e. The van der Waals surface area contributed by atoms with Crippen LogP contribution in [0.15, 0.2) is 16.5 Å². The number of alkyl halides is 2. The average molecular weight is 347 g/mol. The molecular weight excluding hydrogens is 320 g/mol. The largest absolute Gasteiger partial charge is 0.464 e. The lowest BCUT2D eigenvalue weighted by molar-refractivity contribution is 0.180. The summed E-state index contributed by atoms with van der Waals surface area (Å²) in [5, 5.41) is 3.52. The van der Waals surface area contributed by atoms with E-state index in [1.54, 1.807) is 6.07 Å². The Morgan fingerprint density at radius 2 is 2.00 bits per heavy atom. The fourth-order valence-corrected chi connectivity index (χ4v) is 3.13. The number of furan rings is 1. The molecule has 4 nitrogen and oxygen atoms in total. The van der Waals surface area contributed by atoms with Crippen LogP contribution in [0.2, 0.25) is 0 Å². The van der Waals surface area contributed by atoms with Crippen molar-refractivity contribution in [3.05, 3.63) is 23.7 Å². The summed E-state index contributed by atoms with van der Waals surface area (Å²) >= 11 is 0.594. The molecule has 1 N–H and O–H groups in total. The first kappa shape index (κ1) is 18.7. The average Bonchev–Trinajstić information content (AvgIpc) is 2.98. The third-order valence-electron chi connectivity index (χ3n) is 4.08. The molecule has 7 heteroatoms. The topological polar surface area (TPSA) is 31.6 Å². The van der Waals surface area contributed by atoms with Gasteiger partial charge in [-0.1, -0.05) is 11.8 Å². The van der Waals surface area contributed by atoms with E-state index in [2.05, 4.69) is 29.2 Å². The van der Waals surface area contributed by atoms with Crippen molar-refractivity contribution in [2.24, 2.45) is 0 Å². The van der Waals surface area contributed by atoms with Gasteiger partial charge in [-0.05, 0) is 52.2 Å². The summed E-state index contributed by atoms with van der Waals surface area (Å²) in [6.07, 6.45) is 2.28. The molecule has 1 aliphatic heterocycles. The van der Waals surface area contributed by atoms with Gasteiger partial charge in [0.15, 0.2) is 0 Å². The van der Waals surface area contributed by atoms with Crippen LogP contribution in [0.1, 0.15) is 24.4 Å². The first-order valence-corrected chi connectivity index (χ1v) is 9.15. The highest BCUT2D eigenvalue weighted by Gasteiger charge is 2.19. The quantitative estimate of drug-likeness (QED) is 0.742. The standard InChI is InChI=1S/C16H27F2N3OS/c1-20(2)9-10-21-7-5-13(6-8-21)19-11-14-3-4-15(22-14)12-23-16(17)18/h3-4,13,16,19H,5-12H2,1-2H3.